The quantitative estimate of drug-likeness (QED) is 0.477. The lowest BCUT2D eigenvalue weighted by Gasteiger charge is -2.11. The summed E-state index contributed by atoms with van der Waals surface area (Å²) in [5, 5.41) is 12.1. The van der Waals surface area contributed by atoms with Crippen molar-refractivity contribution in [3.63, 3.8) is 0 Å². The molecule has 8 heteroatoms. The van der Waals surface area contributed by atoms with E-state index < -0.39 is 17.6 Å². The summed E-state index contributed by atoms with van der Waals surface area (Å²) in [4.78, 5) is 19.5. The molecule has 0 fully saturated rings. The fraction of sp³-hybridized carbons (Fsp3) is 0.227. The smallest absolute Gasteiger partial charge is 0.307 e. The highest BCUT2D eigenvalue weighted by Gasteiger charge is 2.11. The monoisotopic (exact) mass is 475 g/mol. The third-order valence-electron chi connectivity index (χ3n) is 4.68. The van der Waals surface area contributed by atoms with Crippen LogP contribution in [0.2, 0.25) is 0 Å². The number of nitrogens with zero attached hydrogens (tertiary/aromatic N) is 2. The first-order chi connectivity index (χ1) is 14.4. The zero-order valence-corrected chi connectivity index (χ0v) is 17.8. The Hall–Kier alpha value is -2.87. The number of halogens is 3. The van der Waals surface area contributed by atoms with Gasteiger partial charge in [-0.2, -0.15) is 0 Å². The van der Waals surface area contributed by atoms with E-state index in [1.54, 1.807) is 12.1 Å². The molecule has 1 heterocycles. The van der Waals surface area contributed by atoms with Crippen LogP contribution in [0.3, 0.4) is 0 Å². The van der Waals surface area contributed by atoms with E-state index in [2.05, 4.69) is 31.2 Å². The summed E-state index contributed by atoms with van der Waals surface area (Å²) in [5.41, 5.74) is 3.26. The maximum Gasteiger partial charge on any atom is 0.307 e. The van der Waals surface area contributed by atoms with E-state index in [-0.39, 0.29) is 18.4 Å². The largest absolute Gasteiger partial charge is 0.481 e. The molecule has 2 aromatic carbocycles. The molecular formula is C22H20BrF2N3O2. The van der Waals surface area contributed by atoms with Gasteiger partial charge in [-0.05, 0) is 42.2 Å². The number of hydrogen-bond donors (Lipinski definition) is 2. The molecule has 0 aliphatic heterocycles. The van der Waals surface area contributed by atoms with Gasteiger partial charge in [0, 0.05) is 28.2 Å². The van der Waals surface area contributed by atoms with Crippen molar-refractivity contribution in [2.75, 3.05) is 11.9 Å². The highest BCUT2D eigenvalue weighted by Crippen LogP contribution is 2.24. The maximum atomic E-state index is 13.9. The Morgan fingerprint density at radius 1 is 1.10 bits per heavy atom. The van der Waals surface area contributed by atoms with Gasteiger partial charge in [0.1, 0.15) is 23.8 Å². The van der Waals surface area contributed by atoms with Crippen molar-refractivity contribution >= 4 is 27.7 Å². The van der Waals surface area contributed by atoms with Crippen LogP contribution in [0.15, 0.2) is 47.2 Å². The summed E-state index contributed by atoms with van der Waals surface area (Å²) in [7, 11) is 0. The Kier molecular flexibility index (Phi) is 7.10. The highest BCUT2D eigenvalue weighted by atomic mass is 79.9. The third kappa shape index (κ3) is 5.38. The summed E-state index contributed by atoms with van der Waals surface area (Å²) in [6.07, 6.45) is 2.25. The number of carbonyl (C=O) groups is 1. The van der Waals surface area contributed by atoms with Gasteiger partial charge in [0.05, 0.1) is 12.1 Å². The summed E-state index contributed by atoms with van der Waals surface area (Å²) in [5.74, 6) is -1.53. The van der Waals surface area contributed by atoms with E-state index in [0.717, 1.165) is 16.7 Å². The standard InChI is InChI=1S/C22H20BrF2N3O2/c1-2-13-7-15(4-3-14(13)8-22(29)30)20-11-21(28-12-27-20)26-6-5-17-18(24)9-16(23)10-19(17)25/h3-4,7,9-12H,2,5-6,8H2,1H3,(H,29,30)(H,26,27,28). The van der Waals surface area contributed by atoms with Crippen LogP contribution in [0, 0.1) is 11.6 Å². The molecule has 0 bridgehead atoms. The number of aromatic nitrogens is 2. The van der Waals surface area contributed by atoms with Crippen molar-refractivity contribution < 1.29 is 18.7 Å². The predicted octanol–water partition coefficient (Wildman–Crippen LogP) is 5.03. The number of aryl methyl sites for hydroxylation is 1. The summed E-state index contributed by atoms with van der Waals surface area (Å²) < 4.78 is 28.2. The first-order valence-electron chi connectivity index (χ1n) is 9.40. The van der Waals surface area contributed by atoms with Gasteiger partial charge in [-0.25, -0.2) is 18.7 Å². The highest BCUT2D eigenvalue weighted by molar-refractivity contribution is 9.10. The van der Waals surface area contributed by atoms with Crippen molar-refractivity contribution in [3.05, 3.63) is 75.5 Å². The molecule has 3 aromatic rings. The van der Waals surface area contributed by atoms with Gasteiger partial charge in [0.2, 0.25) is 0 Å². The van der Waals surface area contributed by atoms with Gasteiger partial charge in [-0.15, -0.1) is 0 Å². The summed E-state index contributed by atoms with van der Waals surface area (Å²) >= 11 is 3.07. The molecule has 0 aliphatic rings. The second-order valence-electron chi connectivity index (χ2n) is 6.72. The van der Waals surface area contributed by atoms with Crippen LogP contribution >= 0.6 is 15.9 Å². The van der Waals surface area contributed by atoms with E-state index in [0.29, 0.717) is 29.0 Å². The van der Waals surface area contributed by atoms with Gasteiger partial charge in [-0.3, -0.25) is 4.79 Å². The Morgan fingerprint density at radius 2 is 1.83 bits per heavy atom. The van der Waals surface area contributed by atoms with Crippen LogP contribution in [0.5, 0.6) is 0 Å². The number of carboxylic acids is 1. The van der Waals surface area contributed by atoms with Gasteiger partial charge < -0.3 is 10.4 Å². The molecule has 0 spiro atoms. The van der Waals surface area contributed by atoms with Crippen LogP contribution in [-0.4, -0.2) is 27.6 Å². The second kappa shape index (κ2) is 9.75. The molecule has 0 radical (unpaired) electrons. The Bertz CT molecular complexity index is 1050. The Labute approximate surface area is 181 Å². The Morgan fingerprint density at radius 3 is 2.50 bits per heavy atom. The average molecular weight is 476 g/mol. The molecule has 0 amide bonds. The normalized spacial score (nSPS) is 10.8. The zero-order chi connectivity index (χ0) is 21.7. The van der Waals surface area contributed by atoms with E-state index in [1.165, 1.54) is 18.5 Å². The topological polar surface area (TPSA) is 75.1 Å². The lowest BCUT2D eigenvalue weighted by molar-refractivity contribution is -0.136. The summed E-state index contributed by atoms with van der Waals surface area (Å²) in [6.45, 7) is 2.27. The first-order valence-corrected chi connectivity index (χ1v) is 10.2. The van der Waals surface area contributed by atoms with E-state index in [1.807, 2.05) is 19.1 Å². The van der Waals surface area contributed by atoms with Crippen molar-refractivity contribution in [2.24, 2.45) is 0 Å². The molecule has 5 nitrogen and oxygen atoms in total. The summed E-state index contributed by atoms with van der Waals surface area (Å²) in [6, 6.07) is 9.78. The maximum absolute atomic E-state index is 13.9. The molecular weight excluding hydrogens is 456 g/mol. The van der Waals surface area contributed by atoms with Gasteiger partial charge >= 0.3 is 5.97 Å². The average Bonchev–Trinajstić information content (AvgIpc) is 2.70. The molecule has 30 heavy (non-hydrogen) atoms. The predicted molar refractivity (Wildman–Crippen MR) is 114 cm³/mol. The molecule has 0 atom stereocenters. The van der Waals surface area contributed by atoms with E-state index in [4.69, 9.17) is 5.11 Å². The van der Waals surface area contributed by atoms with Crippen LogP contribution in [0.4, 0.5) is 14.6 Å². The number of hydrogen-bond acceptors (Lipinski definition) is 4. The number of anilines is 1. The third-order valence-corrected chi connectivity index (χ3v) is 5.14. The molecule has 0 unspecified atom stereocenters. The molecule has 3 rings (SSSR count). The number of benzene rings is 2. The van der Waals surface area contributed by atoms with Crippen LogP contribution < -0.4 is 5.32 Å². The van der Waals surface area contributed by atoms with Crippen LogP contribution in [-0.2, 0) is 24.1 Å². The fourth-order valence-electron chi connectivity index (χ4n) is 3.19. The molecule has 1 aromatic heterocycles. The van der Waals surface area contributed by atoms with Gasteiger partial charge in [0.15, 0.2) is 0 Å². The van der Waals surface area contributed by atoms with Crippen molar-refractivity contribution in [2.45, 2.75) is 26.2 Å². The minimum absolute atomic E-state index is 0.0154. The number of nitrogens with one attached hydrogen (secondary N) is 1. The van der Waals surface area contributed by atoms with Gasteiger partial charge in [-0.1, -0.05) is 35.0 Å². The van der Waals surface area contributed by atoms with Crippen molar-refractivity contribution in [1.82, 2.24) is 9.97 Å². The molecule has 0 saturated heterocycles. The lowest BCUT2D eigenvalue weighted by Crippen LogP contribution is -2.09. The zero-order valence-electron chi connectivity index (χ0n) is 16.3. The first kappa shape index (κ1) is 21.8. The number of aliphatic carboxylic acids is 1. The number of rotatable bonds is 8. The minimum atomic E-state index is -0.871. The lowest BCUT2D eigenvalue weighted by atomic mass is 9.98. The van der Waals surface area contributed by atoms with E-state index >= 15 is 0 Å². The van der Waals surface area contributed by atoms with Crippen LogP contribution in [0.25, 0.3) is 11.3 Å². The molecule has 0 saturated carbocycles. The van der Waals surface area contributed by atoms with Gasteiger partial charge in [0.25, 0.3) is 0 Å². The minimum Gasteiger partial charge on any atom is -0.481 e. The second-order valence-corrected chi connectivity index (χ2v) is 7.64. The molecule has 0 aliphatic carbocycles. The molecule has 156 valence electrons. The van der Waals surface area contributed by atoms with Crippen molar-refractivity contribution in [1.29, 1.82) is 0 Å². The van der Waals surface area contributed by atoms with Crippen molar-refractivity contribution in [3.8, 4) is 11.3 Å². The number of carboxylic acid groups (broad SMARTS) is 1. The Balaban J connectivity index is 1.73. The SMILES string of the molecule is CCc1cc(-c2cc(NCCc3c(F)cc(Br)cc3F)ncn2)ccc1CC(=O)O. The van der Waals surface area contributed by atoms with E-state index in [9.17, 15) is 13.6 Å². The fourth-order valence-corrected chi connectivity index (χ4v) is 3.59. The molecule has 2 N–H and O–H groups in total. The van der Waals surface area contributed by atoms with Crippen LogP contribution in [0.1, 0.15) is 23.6 Å².